The molecular formula is C12H14O3. The highest BCUT2D eigenvalue weighted by Crippen LogP contribution is 2.30. The smallest absolute Gasteiger partial charge is 0.220 e. The van der Waals surface area contributed by atoms with E-state index in [1.54, 1.807) is 12.1 Å². The number of aromatic hydroxyl groups is 1. The lowest BCUT2D eigenvalue weighted by molar-refractivity contribution is 0.0848. The summed E-state index contributed by atoms with van der Waals surface area (Å²) in [6, 6.07) is 6.67. The summed E-state index contributed by atoms with van der Waals surface area (Å²) in [4.78, 5) is 11.4. The topological polar surface area (TPSA) is 46.5 Å². The van der Waals surface area contributed by atoms with Gasteiger partial charge in [0.05, 0.1) is 0 Å². The minimum atomic E-state index is -0.304. The van der Waals surface area contributed by atoms with Gasteiger partial charge in [-0.2, -0.15) is 0 Å². The zero-order valence-electron chi connectivity index (χ0n) is 8.48. The summed E-state index contributed by atoms with van der Waals surface area (Å²) in [5, 5.41) is 9.76. The average Bonchev–Trinajstić information content (AvgIpc) is 2.44. The summed E-state index contributed by atoms with van der Waals surface area (Å²) in [6.07, 6.45) is 1.74. The second-order valence-electron chi connectivity index (χ2n) is 3.77. The Bertz CT molecular complexity index is 394. The van der Waals surface area contributed by atoms with Crippen molar-refractivity contribution in [1.29, 1.82) is 0 Å². The normalized spacial score (nSPS) is 17.6. The van der Waals surface area contributed by atoms with Gasteiger partial charge < -0.3 is 9.84 Å². The van der Waals surface area contributed by atoms with E-state index in [1.165, 1.54) is 6.07 Å². The van der Waals surface area contributed by atoms with E-state index in [0.717, 1.165) is 18.4 Å². The van der Waals surface area contributed by atoms with Crippen molar-refractivity contribution in [1.82, 2.24) is 0 Å². The van der Waals surface area contributed by atoms with Crippen LogP contribution in [0, 0.1) is 0 Å². The van der Waals surface area contributed by atoms with E-state index in [4.69, 9.17) is 4.74 Å². The van der Waals surface area contributed by atoms with Gasteiger partial charge in [0.25, 0.3) is 0 Å². The van der Waals surface area contributed by atoms with Gasteiger partial charge in [-0.15, -0.1) is 0 Å². The molecule has 1 aromatic carbocycles. The van der Waals surface area contributed by atoms with Crippen LogP contribution in [0.15, 0.2) is 29.1 Å². The summed E-state index contributed by atoms with van der Waals surface area (Å²) in [7, 11) is 0. The fourth-order valence-corrected chi connectivity index (χ4v) is 1.94. The fraction of sp³-hybridized carbons (Fsp3) is 0.417. The van der Waals surface area contributed by atoms with Gasteiger partial charge in [-0.05, 0) is 24.8 Å². The number of ether oxygens (including phenoxy) is 1. The van der Waals surface area contributed by atoms with E-state index >= 15 is 0 Å². The van der Waals surface area contributed by atoms with Crippen molar-refractivity contribution in [3.8, 4) is 5.75 Å². The molecular weight excluding hydrogens is 192 g/mol. The first-order valence-electron chi connectivity index (χ1n) is 5.19. The highest BCUT2D eigenvalue weighted by atomic mass is 16.5. The van der Waals surface area contributed by atoms with E-state index in [0.29, 0.717) is 13.2 Å². The van der Waals surface area contributed by atoms with Crippen LogP contribution >= 0.6 is 0 Å². The van der Waals surface area contributed by atoms with Crippen LogP contribution in [0.2, 0.25) is 0 Å². The lowest BCUT2D eigenvalue weighted by Gasteiger charge is -2.22. The largest absolute Gasteiger partial charge is 0.504 e. The molecule has 3 heteroatoms. The third kappa shape index (κ3) is 2.18. The highest BCUT2D eigenvalue weighted by Gasteiger charge is 2.19. The van der Waals surface area contributed by atoms with Crippen LogP contribution in [0.1, 0.15) is 24.3 Å². The Morgan fingerprint density at radius 2 is 1.87 bits per heavy atom. The Morgan fingerprint density at radius 1 is 1.20 bits per heavy atom. The van der Waals surface area contributed by atoms with Crippen LogP contribution in [-0.4, -0.2) is 18.3 Å². The minimum absolute atomic E-state index is 0.105. The van der Waals surface area contributed by atoms with Gasteiger partial charge in [0.15, 0.2) is 5.75 Å². The van der Waals surface area contributed by atoms with Gasteiger partial charge in [0.2, 0.25) is 5.43 Å². The van der Waals surface area contributed by atoms with Crippen molar-refractivity contribution in [3.05, 3.63) is 40.1 Å². The molecule has 0 unspecified atom stereocenters. The molecule has 1 aromatic rings. The van der Waals surface area contributed by atoms with Crippen molar-refractivity contribution < 1.29 is 9.84 Å². The standard InChI is InChI=1S/C12H14O3/c13-11-4-2-1-3-10(12(11)14)9-5-7-15-8-6-9/h1-4,9H,5-8H2,(H,13,14). The summed E-state index contributed by atoms with van der Waals surface area (Å²) in [5.74, 6) is 0.144. The first kappa shape index (κ1) is 10.2. The fourth-order valence-electron chi connectivity index (χ4n) is 1.94. The molecule has 0 atom stereocenters. The SMILES string of the molecule is O=c1ccccc(C2CCOCC2)c1O. The van der Waals surface area contributed by atoms with E-state index < -0.39 is 0 Å². The van der Waals surface area contributed by atoms with Gasteiger partial charge >= 0.3 is 0 Å². The Hall–Kier alpha value is -1.35. The second kappa shape index (κ2) is 4.45. The molecule has 0 saturated carbocycles. The maximum atomic E-state index is 11.4. The quantitative estimate of drug-likeness (QED) is 0.760. The Kier molecular flexibility index (Phi) is 3.02. The lowest BCUT2D eigenvalue weighted by Crippen LogP contribution is -2.14. The molecule has 3 nitrogen and oxygen atoms in total. The molecule has 1 heterocycles. The highest BCUT2D eigenvalue weighted by molar-refractivity contribution is 5.34. The molecule has 1 N–H and O–H groups in total. The van der Waals surface area contributed by atoms with Gasteiger partial charge in [-0.25, -0.2) is 0 Å². The van der Waals surface area contributed by atoms with Crippen molar-refractivity contribution >= 4 is 0 Å². The maximum Gasteiger partial charge on any atom is 0.220 e. The molecule has 0 bridgehead atoms. The van der Waals surface area contributed by atoms with Crippen LogP contribution in [0.4, 0.5) is 0 Å². The van der Waals surface area contributed by atoms with Gasteiger partial charge in [-0.1, -0.05) is 18.2 Å². The van der Waals surface area contributed by atoms with E-state index in [1.807, 2.05) is 6.07 Å². The number of rotatable bonds is 1. The number of hydrogen-bond donors (Lipinski definition) is 1. The third-order valence-corrected chi connectivity index (χ3v) is 2.80. The second-order valence-corrected chi connectivity index (χ2v) is 3.77. The Morgan fingerprint density at radius 3 is 2.60 bits per heavy atom. The molecule has 0 radical (unpaired) electrons. The number of hydrogen-bond acceptors (Lipinski definition) is 3. The molecule has 0 aliphatic carbocycles. The zero-order valence-corrected chi connectivity index (χ0v) is 8.48. The van der Waals surface area contributed by atoms with E-state index in [2.05, 4.69) is 0 Å². The predicted molar refractivity (Wildman–Crippen MR) is 57.2 cm³/mol. The van der Waals surface area contributed by atoms with Crippen molar-refractivity contribution in [2.24, 2.45) is 0 Å². The molecule has 1 saturated heterocycles. The molecule has 0 amide bonds. The summed E-state index contributed by atoms with van der Waals surface area (Å²) in [5.41, 5.74) is 0.454. The van der Waals surface area contributed by atoms with Crippen molar-refractivity contribution in [2.45, 2.75) is 18.8 Å². The molecule has 1 fully saturated rings. The minimum Gasteiger partial charge on any atom is -0.504 e. The third-order valence-electron chi connectivity index (χ3n) is 2.80. The van der Waals surface area contributed by atoms with Crippen molar-refractivity contribution in [2.75, 3.05) is 13.2 Å². The predicted octanol–water partition coefficient (Wildman–Crippen LogP) is 1.65. The monoisotopic (exact) mass is 206 g/mol. The summed E-state index contributed by atoms with van der Waals surface area (Å²) in [6.45, 7) is 1.41. The molecule has 2 rings (SSSR count). The van der Waals surface area contributed by atoms with Gasteiger partial charge in [-0.3, -0.25) is 4.79 Å². The van der Waals surface area contributed by atoms with Crippen LogP contribution < -0.4 is 5.43 Å². The van der Waals surface area contributed by atoms with Crippen molar-refractivity contribution in [3.63, 3.8) is 0 Å². The van der Waals surface area contributed by atoms with Crippen LogP contribution in [0.25, 0.3) is 0 Å². The first-order chi connectivity index (χ1) is 7.29. The zero-order chi connectivity index (χ0) is 10.7. The van der Waals surface area contributed by atoms with Crippen LogP contribution in [0.3, 0.4) is 0 Å². The molecule has 80 valence electrons. The maximum absolute atomic E-state index is 11.4. The average molecular weight is 206 g/mol. The summed E-state index contributed by atoms with van der Waals surface area (Å²) >= 11 is 0. The molecule has 1 aliphatic rings. The van der Waals surface area contributed by atoms with Gasteiger partial charge in [0.1, 0.15) is 0 Å². The Balaban J connectivity index is 2.39. The first-order valence-corrected chi connectivity index (χ1v) is 5.19. The van der Waals surface area contributed by atoms with Crippen LogP contribution in [0.5, 0.6) is 5.75 Å². The molecule has 15 heavy (non-hydrogen) atoms. The molecule has 0 aromatic heterocycles. The Labute approximate surface area is 88.3 Å². The lowest BCUT2D eigenvalue weighted by atomic mass is 9.92. The summed E-state index contributed by atoms with van der Waals surface area (Å²) < 4.78 is 5.25. The molecule has 1 aliphatic heterocycles. The molecule has 0 spiro atoms. The van der Waals surface area contributed by atoms with E-state index in [9.17, 15) is 9.90 Å². The van der Waals surface area contributed by atoms with Gasteiger partial charge in [0, 0.05) is 18.8 Å². The van der Waals surface area contributed by atoms with E-state index in [-0.39, 0.29) is 17.1 Å². The van der Waals surface area contributed by atoms with Crippen LogP contribution in [-0.2, 0) is 4.74 Å².